The summed E-state index contributed by atoms with van der Waals surface area (Å²) in [5.41, 5.74) is -0.838. The molecule has 4 atom stereocenters. The van der Waals surface area contributed by atoms with Gasteiger partial charge in [0.25, 0.3) is 0 Å². The standard InChI is InChI=1S/C29H27Cl2F3N2O3/c1-3-23(22-8-5-9-24(35-22)29(32,33)34)36-26(17-10-12-19(30)13-11-17)21(18-6-4-7-20(31)14-18)15-28(2,27(36)39)16-25(37)38/h4-14,21,23,26H,3,15-16H2,1-2H3,(H,37,38)/t21-,23-,26-,28-/m1/s1. The molecule has 206 valence electrons. The van der Waals surface area contributed by atoms with Crippen LogP contribution in [0.2, 0.25) is 10.0 Å². The van der Waals surface area contributed by atoms with Crippen molar-refractivity contribution in [3.8, 4) is 0 Å². The first-order chi connectivity index (χ1) is 18.3. The number of carbonyl (C=O) groups is 2. The SMILES string of the molecule is CC[C@H](c1cccc(C(F)(F)F)n1)N1C(=O)[C@@](C)(CC(=O)O)C[C@H](c2cccc(Cl)c2)[C@H]1c1ccc(Cl)cc1. The smallest absolute Gasteiger partial charge is 0.433 e. The fraction of sp³-hybridized carbons (Fsp3) is 0.345. The van der Waals surface area contributed by atoms with E-state index in [1.807, 2.05) is 6.07 Å². The molecule has 0 saturated carbocycles. The summed E-state index contributed by atoms with van der Waals surface area (Å²) in [4.78, 5) is 31.7. The van der Waals surface area contributed by atoms with Crippen molar-refractivity contribution in [1.29, 1.82) is 0 Å². The average molecular weight is 579 g/mol. The predicted molar refractivity (Wildman–Crippen MR) is 142 cm³/mol. The lowest BCUT2D eigenvalue weighted by Gasteiger charge is -2.51. The van der Waals surface area contributed by atoms with Gasteiger partial charge >= 0.3 is 12.1 Å². The second kappa shape index (κ2) is 11.2. The van der Waals surface area contributed by atoms with Crippen molar-refractivity contribution < 1.29 is 27.9 Å². The predicted octanol–water partition coefficient (Wildman–Crippen LogP) is 8.10. The Bertz CT molecular complexity index is 1370. The van der Waals surface area contributed by atoms with Gasteiger partial charge in [-0.15, -0.1) is 0 Å². The third kappa shape index (κ3) is 6.07. The summed E-state index contributed by atoms with van der Waals surface area (Å²) >= 11 is 12.5. The third-order valence-electron chi connectivity index (χ3n) is 7.26. The second-order valence-electron chi connectivity index (χ2n) is 10.1. The molecule has 2 heterocycles. The number of benzene rings is 2. The molecule has 5 nitrogen and oxygen atoms in total. The Hall–Kier alpha value is -3.10. The van der Waals surface area contributed by atoms with Gasteiger partial charge < -0.3 is 10.0 Å². The fourth-order valence-corrected chi connectivity index (χ4v) is 5.89. The zero-order valence-corrected chi connectivity index (χ0v) is 22.8. The Morgan fingerprint density at radius 3 is 2.33 bits per heavy atom. The topological polar surface area (TPSA) is 70.5 Å². The van der Waals surface area contributed by atoms with E-state index in [1.165, 1.54) is 17.0 Å². The van der Waals surface area contributed by atoms with Crippen LogP contribution in [0, 0.1) is 5.41 Å². The highest BCUT2D eigenvalue weighted by Crippen LogP contribution is 2.54. The van der Waals surface area contributed by atoms with Gasteiger partial charge in [0.2, 0.25) is 5.91 Å². The Morgan fingerprint density at radius 2 is 1.74 bits per heavy atom. The van der Waals surface area contributed by atoms with Gasteiger partial charge in [-0.25, -0.2) is 4.98 Å². The summed E-state index contributed by atoms with van der Waals surface area (Å²) in [6.07, 6.45) is -4.68. The van der Waals surface area contributed by atoms with Crippen LogP contribution < -0.4 is 0 Å². The first-order valence-corrected chi connectivity index (χ1v) is 13.2. The molecule has 0 aliphatic carbocycles. The van der Waals surface area contributed by atoms with Crippen LogP contribution in [0.25, 0.3) is 0 Å². The maximum absolute atomic E-state index is 14.3. The van der Waals surface area contributed by atoms with E-state index in [0.717, 1.165) is 11.6 Å². The van der Waals surface area contributed by atoms with E-state index < -0.39 is 53.6 Å². The van der Waals surface area contributed by atoms with Crippen molar-refractivity contribution in [2.45, 2.75) is 57.3 Å². The number of aromatic nitrogens is 1. The first-order valence-electron chi connectivity index (χ1n) is 12.4. The molecular formula is C29H27Cl2F3N2O3. The maximum atomic E-state index is 14.3. The molecule has 1 aromatic heterocycles. The second-order valence-corrected chi connectivity index (χ2v) is 10.9. The zero-order chi connectivity index (χ0) is 28.5. The average Bonchev–Trinajstić information content (AvgIpc) is 2.87. The van der Waals surface area contributed by atoms with E-state index >= 15 is 0 Å². The summed E-state index contributed by atoms with van der Waals surface area (Å²) in [7, 11) is 0. The van der Waals surface area contributed by atoms with E-state index in [4.69, 9.17) is 23.2 Å². The van der Waals surface area contributed by atoms with E-state index in [2.05, 4.69) is 4.98 Å². The molecule has 10 heteroatoms. The van der Waals surface area contributed by atoms with Crippen molar-refractivity contribution in [3.05, 3.63) is 99.3 Å². The van der Waals surface area contributed by atoms with E-state index in [0.29, 0.717) is 15.6 Å². The number of rotatable bonds is 7. The van der Waals surface area contributed by atoms with Crippen LogP contribution >= 0.6 is 23.2 Å². The summed E-state index contributed by atoms with van der Waals surface area (Å²) in [6.45, 7) is 3.36. The normalized spacial score (nSPS) is 22.5. The largest absolute Gasteiger partial charge is 0.481 e. The number of carboxylic acid groups (broad SMARTS) is 1. The molecule has 39 heavy (non-hydrogen) atoms. The van der Waals surface area contributed by atoms with Crippen LogP contribution in [-0.2, 0) is 15.8 Å². The minimum absolute atomic E-state index is 0.0732. The molecule has 0 bridgehead atoms. The molecule has 2 aromatic carbocycles. The Kier molecular flexibility index (Phi) is 8.28. The molecule has 1 saturated heterocycles. The van der Waals surface area contributed by atoms with Gasteiger partial charge in [0.15, 0.2) is 0 Å². The number of nitrogens with zero attached hydrogens (tertiary/aromatic N) is 2. The quantitative estimate of drug-likeness (QED) is 0.307. The van der Waals surface area contributed by atoms with Gasteiger partial charge in [-0.3, -0.25) is 9.59 Å². The van der Waals surface area contributed by atoms with E-state index in [-0.39, 0.29) is 18.5 Å². The number of hydrogen-bond donors (Lipinski definition) is 1. The van der Waals surface area contributed by atoms with Crippen molar-refractivity contribution in [3.63, 3.8) is 0 Å². The highest BCUT2D eigenvalue weighted by atomic mass is 35.5. The molecule has 3 aromatic rings. The monoisotopic (exact) mass is 578 g/mol. The van der Waals surface area contributed by atoms with E-state index in [9.17, 15) is 27.9 Å². The summed E-state index contributed by atoms with van der Waals surface area (Å²) in [6, 6.07) is 16.1. The summed E-state index contributed by atoms with van der Waals surface area (Å²) in [5, 5.41) is 10.7. The highest BCUT2D eigenvalue weighted by Gasteiger charge is 2.52. The maximum Gasteiger partial charge on any atom is 0.433 e. The molecule has 4 rings (SSSR count). The van der Waals surface area contributed by atoms with Crippen LogP contribution in [0.3, 0.4) is 0 Å². The Balaban J connectivity index is 1.97. The van der Waals surface area contributed by atoms with Gasteiger partial charge in [0, 0.05) is 16.0 Å². The minimum Gasteiger partial charge on any atom is -0.481 e. The number of carboxylic acids is 1. The highest BCUT2D eigenvalue weighted by molar-refractivity contribution is 6.30. The Labute approximate surface area is 234 Å². The van der Waals surface area contributed by atoms with Crippen LogP contribution in [0.1, 0.15) is 73.6 Å². The molecule has 1 fully saturated rings. The molecule has 0 unspecified atom stereocenters. The van der Waals surface area contributed by atoms with Crippen molar-refractivity contribution >= 4 is 35.1 Å². The number of alkyl halides is 3. The zero-order valence-electron chi connectivity index (χ0n) is 21.3. The van der Waals surface area contributed by atoms with Gasteiger partial charge in [-0.1, -0.05) is 67.4 Å². The number of likely N-dealkylation sites (tertiary alicyclic amines) is 1. The first kappa shape index (κ1) is 28.9. The number of hydrogen-bond acceptors (Lipinski definition) is 3. The van der Waals surface area contributed by atoms with Crippen molar-refractivity contribution in [2.75, 3.05) is 0 Å². The minimum atomic E-state index is -4.67. The lowest BCUT2D eigenvalue weighted by molar-refractivity contribution is -0.161. The molecule has 1 aliphatic heterocycles. The molecule has 0 radical (unpaired) electrons. The number of amides is 1. The molecule has 1 aliphatic rings. The van der Waals surface area contributed by atoms with Gasteiger partial charge in [0.1, 0.15) is 5.69 Å². The molecule has 1 N–H and O–H groups in total. The number of carbonyl (C=O) groups excluding carboxylic acids is 1. The van der Waals surface area contributed by atoms with Crippen LogP contribution in [0.15, 0.2) is 66.7 Å². The number of piperidine rings is 1. The lowest BCUT2D eigenvalue weighted by atomic mass is 9.67. The third-order valence-corrected chi connectivity index (χ3v) is 7.74. The molecule has 0 spiro atoms. The number of halogens is 5. The fourth-order valence-electron chi connectivity index (χ4n) is 5.57. The summed E-state index contributed by atoms with van der Waals surface area (Å²) < 4.78 is 40.8. The van der Waals surface area contributed by atoms with Crippen molar-refractivity contribution in [2.24, 2.45) is 5.41 Å². The van der Waals surface area contributed by atoms with Gasteiger partial charge in [-0.2, -0.15) is 13.2 Å². The van der Waals surface area contributed by atoms with Crippen LogP contribution in [0.5, 0.6) is 0 Å². The van der Waals surface area contributed by atoms with Crippen LogP contribution in [-0.4, -0.2) is 26.9 Å². The van der Waals surface area contributed by atoms with Crippen LogP contribution in [0.4, 0.5) is 13.2 Å². The van der Waals surface area contributed by atoms with E-state index in [1.54, 1.807) is 56.3 Å². The lowest BCUT2D eigenvalue weighted by Crippen LogP contribution is -2.53. The molecular weight excluding hydrogens is 552 g/mol. The van der Waals surface area contributed by atoms with Crippen molar-refractivity contribution in [1.82, 2.24) is 9.88 Å². The number of aliphatic carboxylic acids is 1. The van der Waals surface area contributed by atoms with Gasteiger partial charge in [-0.05, 0) is 60.4 Å². The Morgan fingerprint density at radius 1 is 1.08 bits per heavy atom. The summed E-state index contributed by atoms with van der Waals surface area (Å²) in [5.74, 6) is -2.04. The molecule has 1 amide bonds. The van der Waals surface area contributed by atoms with Gasteiger partial charge in [0.05, 0.1) is 29.6 Å². The number of pyridine rings is 1.